The Hall–Kier alpha value is -2.16. The van der Waals surface area contributed by atoms with Crippen molar-refractivity contribution >= 4 is 11.4 Å². The first-order valence-corrected chi connectivity index (χ1v) is 20.6. The third-order valence-corrected chi connectivity index (χ3v) is 8.97. The van der Waals surface area contributed by atoms with Gasteiger partial charge in [0, 0.05) is 6.61 Å². The fourth-order valence-corrected chi connectivity index (χ4v) is 5.88. The topological polar surface area (TPSA) is 52.6 Å². The van der Waals surface area contributed by atoms with E-state index in [0.717, 1.165) is 48.2 Å². The summed E-state index contributed by atoms with van der Waals surface area (Å²) in [6.45, 7) is 14.2. The lowest BCUT2D eigenvalue weighted by Crippen LogP contribution is -2.25. The fraction of sp³-hybridized carbons (Fsp3) is 0.721. The maximum atomic E-state index is 6.31. The van der Waals surface area contributed by atoms with Gasteiger partial charge in [0.1, 0.15) is 6.10 Å². The van der Waals surface area contributed by atoms with E-state index in [4.69, 9.17) is 24.1 Å². The highest BCUT2D eigenvalue weighted by atomic mass is 17.0. The van der Waals surface area contributed by atoms with Crippen LogP contribution in [0, 0.1) is 0 Å². The van der Waals surface area contributed by atoms with Crippen molar-refractivity contribution in [2.75, 3.05) is 43.5 Å². The van der Waals surface area contributed by atoms with Gasteiger partial charge in [-0.3, -0.25) is 0 Å². The molecule has 0 radical (unpaired) electrons. The van der Waals surface area contributed by atoms with Crippen LogP contribution in [0.5, 0.6) is 0 Å². The van der Waals surface area contributed by atoms with Gasteiger partial charge in [-0.15, -0.1) is 10.5 Å². The molecule has 50 heavy (non-hydrogen) atoms. The molecule has 7 heteroatoms. The Morgan fingerprint density at radius 2 is 0.660 bits per heavy atom. The van der Waals surface area contributed by atoms with Crippen LogP contribution in [0.4, 0.5) is 11.4 Å². The van der Waals surface area contributed by atoms with E-state index in [1.165, 1.54) is 103 Å². The first-order valence-electron chi connectivity index (χ1n) is 20.6. The fourth-order valence-electron chi connectivity index (χ4n) is 5.88. The van der Waals surface area contributed by atoms with Crippen LogP contribution in [0.2, 0.25) is 0 Å². The lowest BCUT2D eigenvalue weighted by molar-refractivity contribution is -0.0916. The molecule has 7 nitrogen and oxygen atoms in total. The molecule has 0 aromatic heterocycles. The van der Waals surface area contributed by atoms with Crippen LogP contribution in [0.3, 0.4) is 0 Å². The molecule has 0 saturated heterocycles. The minimum Gasteiger partial charge on any atom is -0.369 e. The summed E-state index contributed by atoms with van der Waals surface area (Å²) in [6, 6.07) is 16.8. The highest BCUT2D eigenvalue weighted by Gasteiger charge is 2.18. The summed E-state index contributed by atoms with van der Waals surface area (Å²) in [4.78, 5) is 24.6. The Bertz CT molecular complexity index is 907. The van der Waals surface area contributed by atoms with Crippen LogP contribution < -0.4 is 10.5 Å². The Morgan fingerprint density at radius 3 is 0.920 bits per heavy atom. The predicted molar refractivity (Wildman–Crippen MR) is 210 cm³/mol. The molecular formula is C43H74N2O5. The first-order chi connectivity index (χ1) is 24.7. The van der Waals surface area contributed by atoms with Crippen molar-refractivity contribution in [1.29, 1.82) is 0 Å². The van der Waals surface area contributed by atoms with Crippen molar-refractivity contribution in [2.45, 2.75) is 169 Å². The van der Waals surface area contributed by atoms with E-state index in [1.54, 1.807) is 10.5 Å². The van der Waals surface area contributed by atoms with Gasteiger partial charge in [0.2, 0.25) is 0 Å². The molecule has 0 heterocycles. The lowest BCUT2D eigenvalue weighted by atomic mass is 10.0. The van der Waals surface area contributed by atoms with Gasteiger partial charge < -0.3 is 4.74 Å². The van der Waals surface area contributed by atoms with Gasteiger partial charge in [-0.05, 0) is 68.0 Å². The quantitative estimate of drug-likeness (QED) is 0.0532. The second-order valence-electron chi connectivity index (χ2n) is 13.5. The van der Waals surface area contributed by atoms with E-state index >= 15 is 0 Å². The molecule has 0 unspecified atom stereocenters. The lowest BCUT2D eigenvalue weighted by Gasteiger charge is -2.25. The van der Waals surface area contributed by atoms with Crippen LogP contribution in [0.25, 0.3) is 0 Å². The third kappa shape index (κ3) is 19.4. The highest BCUT2D eigenvalue weighted by Crippen LogP contribution is 2.30. The average molecular weight is 699 g/mol. The van der Waals surface area contributed by atoms with E-state index in [0.29, 0.717) is 33.0 Å². The van der Waals surface area contributed by atoms with Crippen LogP contribution in [-0.4, -0.2) is 33.0 Å². The highest BCUT2D eigenvalue weighted by molar-refractivity contribution is 5.48. The summed E-state index contributed by atoms with van der Waals surface area (Å²) in [5.41, 5.74) is 3.98. The molecular weight excluding hydrogens is 624 g/mol. The SMILES string of the molecule is CCCCCCCON(OCCCCCCC)c1ccc(C(OCC)c2ccc(N(OCCCCCCC)OCCCCCCC)cc2)cc1. The molecule has 0 aliphatic heterocycles. The zero-order valence-corrected chi connectivity index (χ0v) is 32.8. The predicted octanol–water partition coefficient (Wildman–Crippen LogP) is 13.0. The summed E-state index contributed by atoms with van der Waals surface area (Å²) in [5.74, 6) is 0. The molecule has 0 aliphatic carbocycles. The van der Waals surface area contributed by atoms with E-state index in [1.807, 2.05) is 6.92 Å². The number of anilines is 2. The minimum absolute atomic E-state index is 0.192. The molecule has 0 fully saturated rings. The summed E-state index contributed by atoms with van der Waals surface area (Å²) in [7, 11) is 0. The monoisotopic (exact) mass is 699 g/mol. The largest absolute Gasteiger partial charge is 0.369 e. The Morgan fingerprint density at radius 1 is 0.380 bits per heavy atom. The first kappa shape index (κ1) is 44.0. The molecule has 2 aromatic carbocycles. The van der Waals surface area contributed by atoms with Crippen LogP contribution in [-0.2, 0) is 24.1 Å². The van der Waals surface area contributed by atoms with Crippen molar-refractivity contribution in [3.05, 3.63) is 59.7 Å². The Balaban J connectivity index is 2.10. The number of hydrogen-bond acceptors (Lipinski definition) is 7. The summed E-state index contributed by atoms with van der Waals surface area (Å²) < 4.78 is 6.31. The molecule has 0 N–H and O–H groups in total. The van der Waals surface area contributed by atoms with Crippen LogP contribution >= 0.6 is 0 Å². The normalized spacial score (nSPS) is 11.5. The minimum atomic E-state index is -0.192. The summed E-state index contributed by atoms with van der Waals surface area (Å²) in [6.07, 6.45) is 23.8. The second kappa shape index (κ2) is 30.5. The molecule has 0 amide bonds. The van der Waals surface area contributed by atoms with Crippen molar-refractivity contribution in [3.63, 3.8) is 0 Å². The van der Waals surface area contributed by atoms with Gasteiger partial charge in [-0.2, -0.15) is 0 Å². The van der Waals surface area contributed by atoms with Gasteiger partial charge in [0.25, 0.3) is 0 Å². The number of hydrogen-bond donors (Lipinski definition) is 0. The van der Waals surface area contributed by atoms with Gasteiger partial charge >= 0.3 is 0 Å². The van der Waals surface area contributed by atoms with E-state index in [-0.39, 0.29) is 6.10 Å². The molecule has 286 valence electrons. The summed E-state index contributed by atoms with van der Waals surface area (Å²) >= 11 is 0. The van der Waals surface area contributed by atoms with Crippen molar-refractivity contribution in [2.24, 2.45) is 0 Å². The number of unbranched alkanes of at least 4 members (excludes halogenated alkanes) is 16. The van der Waals surface area contributed by atoms with E-state index < -0.39 is 0 Å². The Labute approximate surface area is 307 Å². The van der Waals surface area contributed by atoms with Gasteiger partial charge in [-0.25, -0.2) is 19.4 Å². The van der Waals surface area contributed by atoms with Crippen molar-refractivity contribution < 1.29 is 24.1 Å². The van der Waals surface area contributed by atoms with Crippen molar-refractivity contribution in [3.8, 4) is 0 Å². The van der Waals surface area contributed by atoms with Crippen LogP contribution in [0.1, 0.15) is 180 Å². The third-order valence-electron chi connectivity index (χ3n) is 8.97. The maximum absolute atomic E-state index is 6.31. The van der Waals surface area contributed by atoms with Gasteiger partial charge in [0.15, 0.2) is 0 Å². The standard InChI is InChI=1S/C43H74N2O5/c1-6-11-15-19-23-35-47-44(48-36-24-20-16-12-7-2)41-31-27-39(28-32-41)43(46-10-5)40-29-33-42(34-30-40)45(49-37-25-21-17-13-8-3)50-38-26-22-18-14-9-4/h27-34,43H,6-26,35-38H2,1-5H3. The molecule has 0 aliphatic rings. The zero-order valence-electron chi connectivity index (χ0n) is 32.8. The number of nitrogens with zero attached hydrogens (tertiary/aromatic N) is 2. The second-order valence-corrected chi connectivity index (χ2v) is 13.5. The zero-order chi connectivity index (χ0) is 35.9. The van der Waals surface area contributed by atoms with Gasteiger partial charge in [0.05, 0.1) is 37.8 Å². The maximum Gasteiger partial charge on any atom is 0.108 e. The molecule has 0 bridgehead atoms. The molecule has 2 rings (SSSR count). The van der Waals surface area contributed by atoms with E-state index in [9.17, 15) is 0 Å². The summed E-state index contributed by atoms with van der Waals surface area (Å²) in [5, 5.41) is 3.27. The molecule has 2 aromatic rings. The molecule has 0 spiro atoms. The number of ether oxygens (including phenoxy) is 1. The number of benzene rings is 2. The van der Waals surface area contributed by atoms with Crippen LogP contribution in [0.15, 0.2) is 48.5 Å². The van der Waals surface area contributed by atoms with E-state index in [2.05, 4.69) is 76.2 Å². The average Bonchev–Trinajstić information content (AvgIpc) is 3.14. The molecule has 0 saturated carbocycles. The Kier molecular flexibility index (Phi) is 26.8. The smallest absolute Gasteiger partial charge is 0.108 e. The van der Waals surface area contributed by atoms with Crippen molar-refractivity contribution in [1.82, 2.24) is 0 Å². The van der Waals surface area contributed by atoms with Gasteiger partial charge in [-0.1, -0.05) is 155 Å². The number of rotatable bonds is 34. The molecule has 0 atom stereocenters.